The number of hydrogen-bond donors (Lipinski definition) is 1. The Morgan fingerprint density at radius 2 is 1.91 bits per heavy atom. The fourth-order valence-corrected chi connectivity index (χ4v) is 5.61. The first-order valence-corrected chi connectivity index (χ1v) is 8.40. The van der Waals surface area contributed by atoms with E-state index in [0.717, 1.165) is 19.3 Å². The molecule has 3 nitrogen and oxygen atoms in total. The van der Waals surface area contributed by atoms with Gasteiger partial charge in [-0.3, -0.25) is 4.79 Å². The van der Waals surface area contributed by atoms with Gasteiger partial charge in [0.25, 0.3) is 0 Å². The SMILES string of the molecule is C#C[C@@H](OC(C)=O)[C@H]1[C@]2(C)CCCC(C)(C)[C@H]2CC[C@]1(C)O. The molecule has 0 aromatic carbocycles. The minimum absolute atomic E-state index is 0.101. The second kappa shape index (κ2) is 5.57. The van der Waals surface area contributed by atoms with Gasteiger partial charge in [-0.05, 0) is 49.4 Å². The van der Waals surface area contributed by atoms with Crippen LogP contribution in [-0.2, 0) is 9.53 Å². The van der Waals surface area contributed by atoms with Gasteiger partial charge in [-0.2, -0.15) is 0 Å². The molecule has 0 unspecified atom stereocenters. The highest BCUT2D eigenvalue weighted by Crippen LogP contribution is 2.62. The minimum atomic E-state index is -0.898. The van der Waals surface area contributed by atoms with Gasteiger partial charge < -0.3 is 9.84 Å². The van der Waals surface area contributed by atoms with Crippen LogP contribution in [0.15, 0.2) is 0 Å². The van der Waals surface area contributed by atoms with Crippen molar-refractivity contribution >= 4 is 5.97 Å². The molecule has 2 fully saturated rings. The van der Waals surface area contributed by atoms with Gasteiger partial charge in [-0.25, -0.2) is 0 Å². The number of hydrogen-bond acceptors (Lipinski definition) is 3. The average molecular weight is 306 g/mol. The van der Waals surface area contributed by atoms with Crippen molar-refractivity contribution in [2.75, 3.05) is 0 Å². The van der Waals surface area contributed by atoms with E-state index in [1.54, 1.807) is 0 Å². The Bertz CT molecular complexity index is 485. The summed E-state index contributed by atoms with van der Waals surface area (Å²) in [7, 11) is 0. The molecule has 5 atom stereocenters. The number of terminal acetylenes is 1. The van der Waals surface area contributed by atoms with Gasteiger partial charge in [-0.1, -0.05) is 33.1 Å². The number of carbonyl (C=O) groups is 1. The van der Waals surface area contributed by atoms with E-state index in [9.17, 15) is 9.90 Å². The third-order valence-corrected chi connectivity index (χ3v) is 6.36. The molecule has 0 spiro atoms. The number of carbonyl (C=O) groups excluding carboxylic acids is 1. The van der Waals surface area contributed by atoms with Crippen LogP contribution in [0.1, 0.15) is 66.7 Å². The zero-order chi connectivity index (χ0) is 16.8. The topological polar surface area (TPSA) is 46.5 Å². The molecular weight excluding hydrogens is 276 g/mol. The normalized spacial score (nSPS) is 41.9. The molecule has 0 amide bonds. The van der Waals surface area contributed by atoms with Crippen LogP contribution in [0.2, 0.25) is 0 Å². The maximum atomic E-state index is 11.5. The summed E-state index contributed by atoms with van der Waals surface area (Å²) >= 11 is 0. The highest BCUT2D eigenvalue weighted by molar-refractivity contribution is 5.66. The number of rotatable bonds is 2. The molecule has 2 rings (SSSR count). The molecule has 0 aliphatic heterocycles. The molecule has 22 heavy (non-hydrogen) atoms. The predicted octanol–water partition coefficient (Wildman–Crippen LogP) is 3.54. The van der Waals surface area contributed by atoms with Crippen molar-refractivity contribution in [2.45, 2.75) is 78.4 Å². The van der Waals surface area contributed by atoms with E-state index >= 15 is 0 Å². The molecule has 124 valence electrons. The Morgan fingerprint density at radius 3 is 2.45 bits per heavy atom. The Balaban J connectivity index is 2.46. The summed E-state index contributed by atoms with van der Waals surface area (Å²) in [5.41, 5.74) is -0.766. The predicted molar refractivity (Wildman–Crippen MR) is 87.0 cm³/mol. The van der Waals surface area contributed by atoms with Crippen LogP contribution in [0.3, 0.4) is 0 Å². The molecule has 0 radical (unpaired) electrons. The fourth-order valence-electron chi connectivity index (χ4n) is 5.61. The van der Waals surface area contributed by atoms with E-state index in [1.807, 2.05) is 6.92 Å². The third-order valence-electron chi connectivity index (χ3n) is 6.36. The van der Waals surface area contributed by atoms with Crippen LogP contribution in [-0.4, -0.2) is 22.8 Å². The summed E-state index contributed by atoms with van der Waals surface area (Å²) in [5, 5.41) is 11.0. The highest BCUT2D eigenvalue weighted by Gasteiger charge is 2.60. The lowest BCUT2D eigenvalue weighted by atomic mass is 9.45. The molecule has 0 heterocycles. The Labute approximate surface area is 134 Å². The van der Waals surface area contributed by atoms with Gasteiger partial charge in [0.2, 0.25) is 0 Å². The van der Waals surface area contributed by atoms with Crippen molar-refractivity contribution in [1.29, 1.82) is 0 Å². The van der Waals surface area contributed by atoms with Crippen LogP contribution >= 0.6 is 0 Å². The smallest absolute Gasteiger partial charge is 0.303 e. The lowest BCUT2D eigenvalue weighted by molar-refractivity contribution is -0.199. The number of aliphatic hydroxyl groups is 1. The minimum Gasteiger partial charge on any atom is -0.449 e. The van der Waals surface area contributed by atoms with Crippen LogP contribution in [0.25, 0.3) is 0 Å². The molecule has 2 aliphatic carbocycles. The molecular formula is C19H30O3. The van der Waals surface area contributed by atoms with E-state index < -0.39 is 11.7 Å². The zero-order valence-electron chi connectivity index (χ0n) is 14.6. The molecule has 0 aromatic heterocycles. The summed E-state index contributed by atoms with van der Waals surface area (Å²) < 4.78 is 5.42. The third kappa shape index (κ3) is 2.78. The summed E-state index contributed by atoms with van der Waals surface area (Å²) in [5.74, 6) is 2.54. The van der Waals surface area contributed by atoms with Crippen molar-refractivity contribution in [1.82, 2.24) is 0 Å². The molecule has 2 saturated carbocycles. The van der Waals surface area contributed by atoms with E-state index in [2.05, 4.69) is 26.7 Å². The van der Waals surface area contributed by atoms with Gasteiger partial charge in [-0.15, -0.1) is 6.42 Å². The van der Waals surface area contributed by atoms with Crippen LogP contribution in [0.5, 0.6) is 0 Å². The molecule has 0 saturated heterocycles. The first kappa shape index (κ1) is 17.3. The van der Waals surface area contributed by atoms with Gasteiger partial charge in [0.05, 0.1) is 5.60 Å². The Morgan fingerprint density at radius 1 is 1.27 bits per heavy atom. The van der Waals surface area contributed by atoms with Gasteiger partial charge in [0.15, 0.2) is 6.10 Å². The van der Waals surface area contributed by atoms with Crippen molar-refractivity contribution in [3.8, 4) is 12.3 Å². The number of esters is 1. The van der Waals surface area contributed by atoms with E-state index in [1.165, 1.54) is 13.3 Å². The second-order valence-electron chi connectivity index (χ2n) is 8.47. The van der Waals surface area contributed by atoms with E-state index in [0.29, 0.717) is 12.3 Å². The second-order valence-corrected chi connectivity index (χ2v) is 8.47. The van der Waals surface area contributed by atoms with Crippen LogP contribution in [0, 0.1) is 35.0 Å². The maximum absolute atomic E-state index is 11.5. The maximum Gasteiger partial charge on any atom is 0.303 e. The lowest BCUT2D eigenvalue weighted by Crippen LogP contribution is -2.61. The largest absolute Gasteiger partial charge is 0.449 e. The lowest BCUT2D eigenvalue weighted by Gasteiger charge is -2.61. The molecule has 0 bridgehead atoms. The molecule has 3 heteroatoms. The quantitative estimate of drug-likeness (QED) is 0.627. The molecule has 1 N–H and O–H groups in total. The Kier molecular flexibility index (Phi) is 4.39. The first-order chi connectivity index (χ1) is 10.0. The summed E-state index contributed by atoms with van der Waals surface area (Å²) in [6.45, 7) is 10.1. The summed E-state index contributed by atoms with van der Waals surface area (Å²) in [6, 6.07) is 0. The van der Waals surface area contributed by atoms with E-state index in [4.69, 9.17) is 11.2 Å². The van der Waals surface area contributed by atoms with Gasteiger partial charge in [0.1, 0.15) is 0 Å². The Hall–Kier alpha value is -1.01. The van der Waals surface area contributed by atoms with Crippen LogP contribution in [0.4, 0.5) is 0 Å². The first-order valence-electron chi connectivity index (χ1n) is 8.40. The van der Waals surface area contributed by atoms with E-state index in [-0.39, 0.29) is 22.7 Å². The molecule has 0 aromatic rings. The van der Waals surface area contributed by atoms with Crippen molar-refractivity contribution in [2.24, 2.45) is 22.7 Å². The van der Waals surface area contributed by atoms with Crippen molar-refractivity contribution in [3.05, 3.63) is 0 Å². The average Bonchev–Trinajstić information content (AvgIpc) is 2.34. The zero-order valence-corrected chi connectivity index (χ0v) is 14.6. The summed E-state index contributed by atoms with van der Waals surface area (Å²) in [6.07, 6.45) is 10.1. The molecule has 2 aliphatic rings. The summed E-state index contributed by atoms with van der Waals surface area (Å²) in [4.78, 5) is 11.5. The fraction of sp³-hybridized carbons (Fsp3) is 0.842. The van der Waals surface area contributed by atoms with Gasteiger partial charge >= 0.3 is 5.97 Å². The monoisotopic (exact) mass is 306 g/mol. The van der Waals surface area contributed by atoms with Crippen molar-refractivity contribution in [3.63, 3.8) is 0 Å². The van der Waals surface area contributed by atoms with Crippen molar-refractivity contribution < 1.29 is 14.6 Å². The van der Waals surface area contributed by atoms with Gasteiger partial charge in [0, 0.05) is 12.8 Å². The number of ether oxygens (including phenoxy) is 1. The van der Waals surface area contributed by atoms with Crippen LogP contribution < -0.4 is 0 Å². The highest BCUT2D eigenvalue weighted by atomic mass is 16.5. The number of fused-ring (bicyclic) bond motifs is 1. The standard InChI is InChI=1S/C19H30O3/c1-7-14(22-13(2)20)16-18(5)11-8-10-17(3,4)15(18)9-12-19(16,6)21/h1,14-16,21H,8-12H2,2-6H3/t14-,15-,16+,18-,19+/m1/s1.